The lowest BCUT2D eigenvalue weighted by Crippen LogP contribution is -2.54. The number of rotatable bonds is 11. The second kappa shape index (κ2) is 14.4. The van der Waals surface area contributed by atoms with E-state index in [1.54, 1.807) is 72.1 Å². The van der Waals surface area contributed by atoms with Gasteiger partial charge >= 0.3 is 11.9 Å². The Balaban J connectivity index is 1.65. The molecule has 1 saturated heterocycles. The first-order valence-electron chi connectivity index (χ1n) is 12.7. The summed E-state index contributed by atoms with van der Waals surface area (Å²) in [6, 6.07) is 27.2. The van der Waals surface area contributed by atoms with Crippen molar-refractivity contribution >= 4 is 35.5 Å². The van der Waals surface area contributed by atoms with Crippen LogP contribution in [-0.2, 0) is 18.9 Å². The maximum atomic E-state index is 13.2. The van der Waals surface area contributed by atoms with E-state index in [0.717, 1.165) is 17.1 Å². The predicted octanol–water partition coefficient (Wildman–Crippen LogP) is 6.38. The van der Waals surface area contributed by atoms with E-state index in [2.05, 4.69) is 13.8 Å². The molecule has 3 aromatic carbocycles. The average molecular weight is 553 g/mol. The Kier molecular flexibility index (Phi) is 10.7. The molecule has 1 fully saturated rings. The lowest BCUT2D eigenvalue weighted by Gasteiger charge is -2.43. The molecule has 8 heteroatoms. The standard InChI is InChI=1S/C30H32O6S2/c1-3-37-30(38-4-2)26-25(35-28(32)22-16-10-6-11-17-22)24(20-33-27(31)21-14-8-5-9-15-21)34-29(36-26)23-18-12-7-13-19-23/h5-19,24-26,29-30H,3-4,20H2,1-2H3/t24-,25-,26+,29-/m1/s1. The van der Waals surface area contributed by atoms with Crippen molar-refractivity contribution in [3.8, 4) is 0 Å². The fourth-order valence-corrected chi connectivity index (χ4v) is 6.79. The maximum absolute atomic E-state index is 13.2. The molecule has 1 aliphatic rings. The van der Waals surface area contributed by atoms with Crippen LogP contribution in [-0.4, -0.2) is 52.9 Å². The number of benzene rings is 3. The van der Waals surface area contributed by atoms with E-state index in [4.69, 9.17) is 18.9 Å². The molecule has 38 heavy (non-hydrogen) atoms. The fraction of sp³-hybridized carbons (Fsp3) is 0.333. The van der Waals surface area contributed by atoms with Crippen LogP contribution in [0.25, 0.3) is 0 Å². The summed E-state index contributed by atoms with van der Waals surface area (Å²) >= 11 is 3.48. The Morgan fingerprint density at radius 2 is 1.29 bits per heavy atom. The summed E-state index contributed by atoms with van der Waals surface area (Å²) in [5.41, 5.74) is 1.71. The number of carbonyl (C=O) groups excluding carboxylic acids is 2. The summed E-state index contributed by atoms with van der Waals surface area (Å²) in [6.45, 7) is 4.09. The minimum atomic E-state index is -0.797. The maximum Gasteiger partial charge on any atom is 0.338 e. The minimum Gasteiger partial charge on any atom is -0.459 e. The molecular formula is C30H32O6S2. The van der Waals surface area contributed by atoms with E-state index in [-0.39, 0.29) is 11.2 Å². The zero-order chi connectivity index (χ0) is 26.7. The third-order valence-corrected chi connectivity index (χ3v) is 8.59. The van der Waals surface area contributed by atoms with Gasteiger partial charge in [0.15, 0.2) is 12.4 Å². The van der Waals surface area contributed by atoms with Crippen LogP contribution < -0.4 is 0 Å². The second-order valence-corrected chi connectivity index (χ2v) is 11.6. The molecule has 4 atom stereocenters. The monoisotopic (exact) mass is 552 g/mol. The summed E-state index contributed by atoms with van der Waals surface area (Å²) < 4.78 is 24.6. The van der Waals surface area contributed by atoms with Crippen molar-refractivity contribution in [3.05, 3.63) is 108 Å². The Morgan fingerprint density at radius 1 is 0.763 bits per heavy atom. The van der Waals surface area contributed by atoms with Crippen LogP contribution in [0.15, 0.2) is 91.0 Å². The smallest absolute Gasteiger partial charge is 0.338 e. The van der Waals surface area contributed by atoms with E-state index < -0.39 is 36.5 Å². The van der Waals surface area contributed by atoms with Crippen molar-refractivity contribution in [2.24, 2.45) is 0 Å². The van der Waals surface area contributed by atoms with Gasteiger partial charge in [-0.25, -0.2) is 9.59 Å². The Bertz CT molecular complexity index is 1140. The van der Waals surface area contributed by atoms with Gasteiger partial charge in [-0.1, -0.05) is 80.6 Å². The number of ether oxygens (including phenoxy) is 4. The van der Waals surface area contributed by atoms with Crippen LogP contribution in [0.4, 0.5) is 0 Å². The van der Waals surface area contributed by atoms with Gasteiger partial charge in [-0.2, -0.15) is 0 Å². The molecule has 0 amide bonds. The topological polar surface area (TPSA) is 71.1 Å². The van der Waals surface area contributed by atoms with E-state index in [0.29, 0.717) is 11.1 Å². The van der Waals surface area contributed by atoms with Crippen LogP contribution in [0, 0.1) is 0 Å². The number of hydrogen-bond acceptors (Lipinski definition) is 8. The van der Waals surface area contributed by atoms with Gasteiger partial charge in [-0.05, 0) is 35.8 Å². The van der Waals surface area contributed by atoms with Gasteiger partial charge in [0.05, 0.1) is 15.7 Å². The summed E-state index contributed by atoms with van der Waals surface area (Å²) in [5.74, 6) is 0.777. The van der Waals surface area contributed by atoms with E-state index in [1.807, 2.05) is 42.5 Å². The predicted molar refractivity (Wildman–Crippen MR) is 151 cm³/mol. The first kappa shape index (κ1) is 28.2. The highest BCUT2D eigenvalue weighted by Gasteiger charge is 2.47. The molecule has 0 radical (unpaired) electrons. The number of hydrogen-bond donors (Lipinski definition) is 0. The van der Waals surface area contributed by atoms with Gasteiger partial charge in [0.1, 0.15) is 18.8 Å². The van der Waals surface area contributed by atoms with Gasteiger partial charge in [-0.15, -0.1) is 23.5 Å². The van der Waals surface area contributed by atoms with Crippen LogP contribution in [0.5, 0.6) is 0 Å². The lowest BCUT2D eigenvalue weighted by molar-refractivity contribution is -0.289. The van der Waals surface area contributed by atoms with Crippen molar-refractivity contribution in [1.29, 1.82) is 0 Å². The normalized spacial score (nSPS) is 21.1. The third-order valence-electron chi connectivity index (χ3n) is 5.91. The lowest BCUT2D eigenvalue weighted by atomic mass is 10.1. The molecule has 6 nitrogen and oxygen atoms in total. The van der Waals surface area contributed by atoms with Crippen molar-refractivity contribution in [1.82, 2.24) is 0 Å². The van der Waals surface area contributed by atoms with Gasteiger partial charge in [-0.3, -0.25) is 0 Å². The summed E-state index contributed by atoms with van der Waals surface area (Å²) in [4.78, 5) is 26.0. The highest BCUT2D eigenvalue weighted by Crippen LogP contribution is 2.40. The zero-order valence-corrected chi connectivity index (χ0v) is 23.1. The van der Waals surface area contributed by atoms with Gasteiger partial charge < -0.3 is 18.9 Å². The molecule has 0 aromatic heterocycles. The van der Waals surface area contributed by atoms with Gasteiger partial charge in [0.2, 0.25) is 0 Å². The summed E-state index contributed by atoms with van der Waals surface area (Å²) in [7, 11) is 0. The van der Waals surface area contributed by atoms with Crippen molar-refractivity contribution in [2.45, 2.75) is 43.0 Å². The largest absolute Gasteiger partial charge is 0.459 e. The second-order valence-electron chi connectivity index (χ2n) is 8.50. The molecule has 0 bridgehead atoms. The summed E-state index contributed by atoms with van der Waals surface area (Å²) in [5, 5.41) is 0. The third kappa shape index (κ3) is 7.41. The Labute approximate surface area is 232 Å². The molecule has 0 spiro atoms. The molecule has 0 aliphatic carbocycles. The number of carbonyl (C=O) groups is 2. The molecular weight excluding hydrogens is 520 g/mol. The van der Waals surface area contributed by atoms with Gasteiger partial charge in [0.25, 0.3) is 0 Å². The molecule has 0 saturated carbocycles. The molecule has 1 aliphatic heterocycles. The quantitative estimate of drug-likeness (QED) is 0.200. The van der Waals surface area contributed by atoms with Crippen LogP contribution in [0.2, 0.25) is 0 Å². The molecule has 0 N–H and O–H groups in total. The SMILES string of the molecule is CCSC(SCC)[C@H]1O[C@H](c2ccccc2)O[C@H](COC(=O)c2ccccc2)[C@H]1OC(=O)c1ccccc1. The Hall–Kier alpha value is -2.78. The average Bonchev–Trinajstić information content (AvgIpc) is 2.97. The molecule has 0 unspecified atom stereocenters. The van der Waals surface area contributed by atoms with Gasteiger partial charge in [0, 0.05) is 5.56 Å². The molecule has 1 heterocycles. The van der Waals surface area contributed by atoms with Crippen molar-refractivity contribution in [3.63, 3.8) is 0 Å². The van der Waals surface area contributed by atoms with Crippen LogP contribution >= 0.6 is 23.5 Å². The van der Waals surface area contributed by atoms with Crippen LogP contribution in [0.3, 0.4) is 0 Å². The highest BCUT2D eigenvalue weighted by atomic mass is 32.2. The fourth-order valence-electron chi connectivity index (χ4n) is 4.11. The Morgan fingerprint density at radius 3 is 1.84 bits per heavy atom. The van der Waals surface area contributed by atoms with E-state index in [9.17, 15) is 9.59 Å². The van der Waals surface area contributed by atoms with E-state index >= 15 is 0 Å². The number of esters is 2. The highest BCUT2D eigenvalue weighted by molar-refractivity contribution is 8.17. The summed E-state index contributed by atoms with van der Waals surface area (Å²) in [6.07, 6.45) is -2.74. The van der Waals surface area contributed by atoms with Crippen molar-refractivity contribution in [2.75, 3.05) is 18.1 Å². The molecule has 4 rings (SSSR count). The van der Waals surface area contributed by atoms with E-state index in [1.165, 1.54) is 0 Å². The molecule has 200 valence electrons. The van der Waals surface area contributed by atoms with Crippen LogP contribution in [0.1, 0.15) is 46.4 Å². The zero-order valence-electron chi connectivity index (χ0n) is 21.4. The minimum absolute atomic E-state index is 0.0268. The van der Waals surface area contributed by atoms with Crippen molar-refractivity contribution < 1.29 is 28.5 Å². The molecule has 3 aromatic rings. The first-order chi connectivity index (χ1) is 18.6. The number of thioether (sulfide) groups is 2. The first-order valence-corrected chi connectivity index (χ1v) is 14.8.